The standard InChI is InChI=1S/C25H23ClN2O2/c1-17(18-7-3-2-4-8-18)27-24(29)20-12-13-23-19(15-20)10-6-14-28(23)25(30)21-9-5-11-22(26)16-21/h2-5,7-9,11-13,15-17H,6,10,14H2,1H3,(H,27,29)/t17-/m1/s1. The van der Waals surface area contributed by atoms with Gasteiger partial charge >= 0.3 is 0 Å². The van der Waals surface area contributed by atoms with E-state index in [4.69, 9.17) is 11.6 Å². The summed E-state index contributed by atoms with van der Waals surface area (Å²) in [6, 6.07) is 22.3. The molecule has 3 aromatic rings. The summed E-state index contributed by atoms with van der Waals surface area (Å²) >= 11 is 6.05. The fraction of sp³-hybridized carbons (Fsp3) is 0.200. The van der Waals surface area contributed by atoms with Crippen LogP contribution in [0.25, 0.3) is 0 Å². The summed E-state index contributed by atoms with van der Waals surface area (Å²) in [6.07, 6.45) is 1.69. The zero-order valence-electron chi connectivity index (χ0n) is 16.8. The normalized spacial score (nSPS) is 14.0. The average Bonchev–Trinajstić information content (AvgIpc) is 2.78. The lowest BCUT2D eigenvalue weighted by Gasteiger charge is -2.30. The predicted molar refractivity (Wildman–Crippen MR) is 120 cm³/mol. The van der Waals surface area contributed by atoms with Crippen molar-refractivity contribution in [3.8, 4) is 0 Å². The molecule has 0 aliphatic carbocycles. The van der Waals surface area contributed by atoms with Crippen molar-refractivity contribution in [1.82, 2.24) is 5.32 Å². The Morgan fingerprint density at radius 3 is 2.53 bits per heavy atom. The van der Waals surface area contributed by atoms with E-state index >= 15 is 0 Å². The highest BCUT2D eigenvalue weighted by molar-refractivity contribution is 6.31. The highest BCUT2D eigenvalue weighted by atomic mass is 35.5. The molecule has 3 aromatic carbocycles. The van der Waals surface area contributed by atoms with E-state index in [1.807, 2.05) is 49.4 Å². The summed E-state index contributed by atoms with van der Waals surface area (Å²) in [5, 5.41) is 3.59. The van der Waals surface area contributed by atoms with Gasteiger partial charge in [-0.1, -0.05) is 48.0 Å². The Labute approximate surface area is 181 Å². The van der Waals surface area contributed by atoms with Gasteiger partial charge in [0.2, 0.25) is 0 Å². The first-order valence-electron chi connectivity index (χ1n) is 10.1. The van der Waals surface area contributed by atoms with E-state index < -0.39 is 0 Å². The minimum atomic E-state index is -0.118. The van der Waals surface area contributed by atoms with Gasteiger partial charge in [-0.15, -0.1) is 0 Å². The molecule has 152 valence electrons. The molecule has 1 heterocycles. The third kappa shape index (κ3) is 4.24. The van der Waals surface area contributed by atoms with E-state index in [0.717, 1.165) is 29.7 Å². The number of fused-ring (bicyclic) bond motifs is 1. The Morgan fingerprint density at radius 1 is 0.967 bits per heavy atom. The molecule has 0 fully saturated rings. The zero-order chi connectivity index (χ0) is 21.1. The van der Waals surface area contributed by atoms with Gasteiger partial charge in [-0.25, -0.2) is 0 Å². The number of carbonyl (C=O) groups is 2. The summed E-state index contributed by atoms with van der Waals surface area (Å²) in [6.45, 7) is 2.62. The van der Waals surface area contributed by atoms with Crippen LogP contribution in [0, 0.1) is 0 Å². The van der Waals surface area contributed by atoms with Gasteiger partial charge in [0.25, 0.3) is 11.8 Å². The van der Waals surface area contributed by atoms with Crippen molar-refractivity contribution in [2.45, 2.75) is 25.8 Å². The van der Waals surface area contributed by atoms with Gasteiger partial charge in [0, 0.05) is 28.4 Å². The van der Waals surface area contributed by atoms with E-state index in [0.29, 0.717) is 22.7 Å². The van der Waals surface area contributed by atoms with Crippen molar-refractivity contribution in [2.75, 3.05) is 11.4 Å². The summed E-state index contributed by atoms with van der Waals surface area (Å²) in [5.74, 6) is -0.194. The third-order valence-corrected chi connectivity index (χ3v) is 5.66. The zero-order valence-corrected chi connectivity index (χ0v) is 17.5. The quantitative estimate of drug-likeness (QED) is 0.614. The molecule has 0 spiro atoms. The molecule has 0 aromatic heterocycles. The summed E-state index contributed by atoms with van der Waals surface area (Å²) in [7, 11) is 0. The minimum Gasteiger partial charge on any atom is -0.346 e. The first kappa shape index (κ1) is 20.2. The molecular weight excluding hydrogens is 396 g/mol. The van der Waals surface area contributed by atoms with Crippen molar-refractivity contribution in [3.05, 3.63) is 100 Å². The van der Waals surface area contributed by atoms with Crippen molar-refractivity contribution in [2.24, 2.45) is 0 Å². The number of carbonyl (C=O) groups excluding carboxylic acids is 2. The number of hydrogen-bond acceptors (Lipinski definition) is 2. The molecule has 1 aliphatic rings. The molecule has 2 amide bonds. The molecule has 0 saturated heterocycles. The number of benzene rings is 3. The van der Waals surface area contributed by atoms with Gasteiger partial charge in [-0.05, 0) is 67.3 Å². The molecule has 1 atom stereocenters. The van der Waals surface area contributed by atoms with Gasteiger partial charge < -0.3 is 10.2 Å². The van der Waals surface area contributed by atoms with Crippen molar-refractivity contribution >= 4 is 29.1 Å². The Kier molecular flexibility index (Phi) is 5.86. The Hall–Kier alpha value is -3.11. The Bertz CT molecular complexity index is 1080. The lowest BCUT2D eigenvalue weighted by atomic mass is 9.98. The molecule has 1 aliphatic heterocycles. The topological polar surface area (TPSA) is 49.4 Å². The van der Waals surface area contributed by atoms with Gasteiger partial charge in [-0.3, -0.25) is 9.59 Å². The van der Waals surface area contributed by atoms with Gasteiger partial charge in [-0.2, -0.15) is 0 Å². The molecule has 0 saturated carbocycles. The van der Waals surface area contributed by atoms with Crippen molar-refractivity contribution < 1.29 is 9.59 Å². The molecule has 30 heavy (non-hydrogen) atoms. The number of nitrogens with zero attached hydrogens (tertiary/aromatic N) is 1. The highest BCUT2D eigenvalue weighted by Gasteiger charge is 2.25. The van der Waals surface area contributed by atoms with Gasteiger partial charge in [0.05, 0.1) is 6.04 Å². The fourth-order valence-electron chi connectivity index (χ4n) is 3.83. The van der Waals surface area contributed by atoms with E-state index in [9.17, 15) is 9.59 Å². The van der Waals surface area contributed by atoms with Crippen LogP contribution in [0.2, 0.25) is 5.02 Å². The van der Waals surface area contributed by atoms with E-state index in [-0.39, 0.29) is 17.9 Å². The van der Waals surface area contributed by atoms with Crippen LogP contribution >= 0.6 is 11.6 Å². The first-order valence-corrected chi connectivity index (χ1v) is 10.5. The molecule has 0 unspecified atom stereocenters. The van der Waals surface area contributed by atoms with E-state index in [2.05, 4.69) is 5.32 Å². The number of halogens is 1. The molecule has 0 bridgehead atoms. The number of anilines is 1. The minimum absolute atomic E-state index is 0.0756. The van der Waals surface area contributed by atoms with Crippen LogP contribution in [0.4, 0.5) is 5.69 Å². The number of amides is 2. The molecule has 4 rings (SSSR count). The number of aryl methyl sites for hydroxylation is 1. The Balaban J connectivity index is 1.54. The number of rotatable bonds is 4. The van der Waals surface area contributed by atoms with E-state index in [1.165, 1.54) is 0 Å². The maximum atomic E-state index is 13.0. The second-order valence-corrected chi connectivity index (χ2v) is 7.96. The van der Waals surface area contributed by atoms with Gasteiger partial charge in [0.15, 0.2) is 0 Å². The molecular formula is C25H23ClN2O2. The second kappa shape index (κ2) is 8.72. The summed E-state index contributed by atoms with van der Waals surface area (Å²) in [5.41, 5.74) is 4.10. The highest BCUT2D eigenvalue weighted by Crippen LogP contribution is 2.30. The van der Waals surface area contributed by atoms with E-state index in [1.54, 1.807) is 35.2 Å². The molecule has 4 nitrogen and oxygen atoms in total. The molecule has 1 N–H and O–H groups in total. The lowest BCUT2D eigenvalue weighted by molar-refractivity contribution is 0.0939. The monoisotopic (exact) mass is 418 g/mol. The smallest absolute Gasteiger partial charge is 0.258 e. The maximum absolute atomic E-state index is 13.0. The van der Waals surface area contributed by atoms with Gasteiger partial charge in [0.1, 0.15) is 0 Å². The Morgan fingerprint density at radius 2 is 1.77 bits per heavy atom. The largest absolute Gasteiger partial charge is 0.346 e. The lowest BCUT2D eigenvalue weighted by Crippen LogP contribution is -2.35. The maximum Gasteiger partial charge on any atom is 0.258 e. The predicted octanol–water partition coefficient (Wildman–Crippen LogP) is 5.42. The van der Waals surface area contributed by atoms with Crippen LogP contribution in [0.3, 0.4) is 0 Å². The fourth-order valence-corrected chi connectivity index (χ4v) is 4.02. The molecule has 5 heteroatoms. The van der Waals surface area contributed by atoms with Crippen molar-refractivity contribution in [1.29, 1.82) is 0 Å². The van der Waals surface area contributed by atoms with Crippen LogP contribution in [-0.4, -0.2) is 18.4 Å². The van der Waals surface area contributed by atoms with Crippen LogP contribution in [0.5, 0.6) is 0 Å². The second-order valence-electron chi connectivity index (χ2n) is 7.52. The van der Waals surface area contributed by atoms with Crippen LogP contribution in [-0.2, 0) is 6.42 Å². The third-order valence-electron chi connectivity index (χ3n) is 5.42. The van der Waals surface area contributed by atoms with Crippen molar-refractivity contribution in [3.63, 3.8) is 0 Å². The number of hydrogen-bond donors (Lipinski definition) is 1. The van der Waals surface area contributed by atoms with Crippen LogP contribution in [0.1, 0.15) is 51.2 Å². The van der Waals surface area contributed by atoms with Crippen LogP contribution < -0.4 is 10.2 Å². The average molecular weight is 419 g/mol. The summed E-state index contributed by atoms with van der Waals surface area (Å²) in [4.78, 5) is 27.6. The summed E-state index contributed by atoms with van der Waals surface area (Å²) < 4.78 is 0. The first-order chi connectivity index (χ1) is 14.5. The number of nitrogens with one attached hydrogen (secondary N) is 1. The van der Waals surface area contributed by atoms with Crippen LogP contribution in [0.15, 0.2) is 72.8 Å². The SMILES string of the molecule is C[C@@H](NC(=O)c1ccc2c(c1)CCCN2C(=O)c1cccc(Cl)c1)c1ccccc1. The molecule has 0 radical (unpaired) electrons.